The van der Waals surface area contributed by atoms with E-state index in [0.717, 1.165) is 42.6 Å². The van der Waals surface area contributed by atoms with Crippen molar-refractivity contribution in [2.45, 2.75) is 44.1 Å². The van der Waals surface area contributed by atoms with Crippen molar-refractivity contribution in [1.82, 2.24) is 5.32 Å². The van der Waals surface area contributed by atoms with Crippen molar-refractivity contribution in [3.8, 4) is 17.2 Å². The average molecular weight is 355 g/mol. The van der Waals surface area contributed by atoms with E-state index in [1.54, 1.807) is 19.2 Å². The van der Waals surface area contributed by atoms with E-state index in [9.17, 15) is 15.0 Å². The number of benzene rings is 2. The number of hydrogen-bond acceptors (Lipinski definition) is 4. The fraction of sp³-hybridized carbons (Fsp3) is 0.381. The van der Waals surface area contributed by atoms with Crippen LogP contribution in [-0.2, 0) is 11.2 Å². The summed E-state index contributed by atoms with van der Waals surface area (Å²) in [4.78, 5) is 12.3. The summed E-state index contributed by atoms with van der Waals surface area (Å²) in [6.45, 7) is 0. The molecule has 2 aromatic rings. The Labute approximate surface area is 153 Å². The lowest BCUT2D eigenvalue weighted by molar-refractivity contribution is -0.121. The lowest BCUT2D eigenvalue weighted by atomic mass is 9.81. The van der Waals surface area contributed by atoms with Crippen molar-refractivity contribution in [1.29, 1.82) is 0 Å². The molecule has 1 saturated carbocycles. The molecule has 0 radical (unpaired) electrons. The quantitative estimate of drug-likeness (QED) is 0.767. The number of carbonyl (C=O) groups is 1. The Morgan fingerprint density at radius 3 is 2.58 bits per heavy atom. The summed E-state index contributed by atoms with van der Waals surface area (Å²) in [6.07, 6.45) is 3.92. The van der Waals surface area contributed by atoms with Gasteiger partial charge in [-0.25, -0.2) is 0 Å². The number of amides is 1. The van der Waals surface area contributed by atoms with E-state index in [2.05, 4.69) is 5.32 Å². The number of aromatic hydroxyl groups is 2. The van der Waals surface area contributed by atoms with Gasteiger partial charge < -0.3 is 20.3 Å². The van der Waals surface area contributed by atoms with Gasteiger partial charge in [-0.2, -0.15) is 0 Å². The third-order valence-corrected chi connectivity index (χ3v) is 5.04. The molecule has 1 aliphatic rings. The maximum atomic E-state index is 12.3. The van der Waals surface area contributed by atoms with E-state index in [1.807, 2.05) is 24.3 Å². The topological polar surface area (TPSA) is 78.8 Å². The molecule has 3 rings (SSSR count). The molecule has 0 spiro atoms. The van der Waals surface area contributed by atoms with Gasteiger partial charge in [-0.15, -0.1) is 0 Å². The number of methoxy groups -OCH3 is 1. The normalized spacial score (nSPS) is 19.7. The summed E-state index contributed by atoms with van der Waals surface area (Å²) in [6, 6.07) is 12.5. The number of phenols is 2. The van der Waals surface area contributed by atoms with Crippen molar-refractivity contribution in [2.75, 3.05) is 7.11 Å². The van der Waals surface area contributed by atoms with Gasteiger partial charge in [-0.3, -0.25) is 4.79 Å². The van der Waals surface area contributed by atoms with Crippen molar-refractivity contribution < 1.29 is 19.7 Å². The second-order valence-corrected chi connectivity index (χ2v) is 6.89. The molecule has 0 saturated heterocycles. The van der Waals surface area contributed by atoms with E-state index in [1.165, 1.54) is 6.07 Å². The Kier molecular flexibility index (Phi) is 5.66. The lowest BCUT2D eigenvalue weighted by Crippen LogP contribution is -2.38. The van der Waals surface area contributed by atoms with Gasteiger partial charge in [0.25, 0.3) is 0 Å². The highest BCUT2D eigenvalue weighted by Crippen LogP contribution is 2.38. The largest absolute Gasteiger partial charge is 0.508 e. The summed E-state index contributed by atoms with van der Waals surface area (Å²) in [5, 5.41) is 22.6. The molecular formula is C21H25NO4. The highest BCUT2D eigenvalue weighted by Gasteiger charge is 2.25. The van der Waals surface area contributed by atoms with Crippen LogP contribution in [0.1, 0.15) is 42.7 Å². The monoisotopic (exact) mass is 355 g/mol. The van der Waals surface area contributed by atoms with Crippen LogP contribution >= 0.6 is 0 Å². The first-order chi connectivity index (χ1) is 12.5. The Morgan fingerprint density at radius 2 is 1.88 bits per heavy atom. The number of hydrogen-bond donors (Lipinski definition) is 3. The van der Waals surface area contributed by atoms with Gasteiger partial charge in [-0.1, -0.05) is 18.2 Å². The standard InChI is InChI=1S/C21H25NO4/c1-26-18-4-2-3-14(11-18)12-21(25)22-16-7-5-15(6-8-16)19-10-9-17(23)13-20(19)24/h2-4,9-11,13,15-16,23-24H,5-8,12H2,1H3,(H,22,25). The van der Waals surface area contributed by atoms with Gasteiger partial charge in [0.1, 0.15) is 17.2 Å². The highest BCUT2D eigenvalue weighted by atomic mass is 16.5. The number of ether oxygens (including phenoxy) is 1. The molecule has 0 bridgehead atoms. The minimum Gasteiger partial charge on any atom is -0.508 e. The first kappa shape index (κ1) is 18.1. The molecule has 5 nitrogen and oxygen atoms in total. The molecule has 1 aliphatic carbocycles. The fourth-order valence-corrected chi connectivity index (χ4v) is 3.67. The van der Waals surface area contributed by atoms with Crippen LogP contribution in [0.5, 0.6) is 17.2 Å². The second-order valence-electron chi connectivity index (χ2n) is 6.89. The molecule has 26 heavy (non-hydrogen) atoms. The van der Waals surface area contributed by atoms with E-state index in [-0.39, 0.29) is 29.4 Å². The molecule has 2 aromatic carbocycles. The molecule has 0 atom stereocenters. The Morgan fingerprint density at radius 1 is 1.12 bits per heavy atom. The van der Waals surface area contributed by atoms with Gasteiger partial charge in [0.05, 0.1) is 13.5 Å². The van der Waals surface area contributed by atoms with Gasteiger partial charge in [0.2, 0.25) is 5.91 Å². The fourth-order valence-electron chi connectivity index (χ4n) is 3.67. The maximum absolute atomic E-state index is 12.3. The van der Waals surface area contributed by atoms with E-state index < -0.39 is 0 Å². The summed E-state index contributed by atoms with van der Waals surface area (Å²) in [5.74, 6) is 1.26. The number of carbonyl (C=O) groups excluding carboxylic acids is 1. The van der Waals surface area contributed by atoms with Crippen LogP contribution < -0.4 is 10.1 Å². The molecule has 0 aliphatic heterocycles. The van der Waals surface area contributed by atoms with Crippen molar-refractivity contribution in [2.24, 2.45) is 0 Å². The van der Waals surface area contributed by atoms with Crippen LogP contribution in [0.2, 0.25) is 0 Å². The second kappa shape index (κ2) is 8.13. The molecular weight excluding hydrogens is 330 g/mol. The summed E-state index contributed by atoms with van der Waals surface area (Å²) >= 11 is 0. The summed E-state index contributed by atoms with van der Waals surface area (Å²) in [5.41, 5.74) is 1.81. The van der Waals surface area contributed by atoms with Gasteiger partial charge in [-0.05, 0) is 60.9 Å². The Hall–Kier alpha value is -2.69. The smallest absolute Gasteiger partial charge is 0.224 e. The van der Waals surface area contributed by atoms with Crippen LogP contribution in [0.4, 0.5) is 0 Å². The van der Waals surface area contributed by atoms with Crippen LogP contribution in [-0.4, -0.2) is 29.3 Å². The predicted octanol–water partition coefficient (Wildman–Crippen LogP) is 3.49. The SMILES string of the molecule is COc1cccc(CC(=O)NC2CCC(c3ccc(O)cc3O)CC2)c1. The van der Waals surface area contributed by atoms with Crippen LogP contribution in [0, 0.1) is 0 Å². The van der Waals surface area contributed by atoms with Gasteiger partial charge in [0, 0.05) is 12.1 Å². The minimum atomic E-state index is 0.0224. The molecule has 5 heteroatoms. The van der Waals surface area contributed by atoms with Crippen molar-refractivity contribution in [3.05, 3.63) is 53.6 Å². The third-order valence-electron chi connectivity index (χ3n) is 5.04. The molecule has 1 fully saturated rings. The van der Waals surface area contributed by atoms with Crippen molar-refractivity contribution in [3.63, 3.8) is 0 Å². The van der Waals surface area contributed by atoms with Crippen LogP contribution in [0.25, 0.3) is 0 Å². The maximum Gasteiger partial charge on any atom is 0.224 e. The summed E-state index contributed by atoms with van der Waals surface area (Å²) in [7, 11) is 1.61. The molecule has 3 N–H and O–H groups in total. The highest BCUT2D eigenvalue weighted by molar-refractivity contribution is 5.79. The first-order valence-corrected chi connectivity index (χ1v) is 8.99. The molecule has 138 valence electrons. The molecule has 0 unspecified atom stereocenters. The third kappa shape index (κ3) is 4.48. The van der Waals surface area contributed by atoms with Crippen LogP contribution in [0.15, 0.2) is 42.5 Å². The van der Waals surface area contributed by atoms with Gasteiger partial charge in [0.15, 0.2) is 0 Å². The number of phenolic OH excluding ortho intramolecular Hbond substituents is 2. The zero-order valence-electron chi connectivity index (χ0n) is 14.9. The summed E-state index contributed by atoms with van der Waals surface area (Å²) < 4.78 is 5.19. The molecule has 0 heterocycles. The van der Waals surface area contributed by atoms with E-state index >= 15 is 0 Å². The Bertz CT molecular complexity index is 766. The average Bonchev–Trinajstić information content (AvgIpc) is 2.63. The predicted molar refractivity (Wildman–Crippen MR) is 99.6 cm³/mol. The zero-order valence-corrected chi connectivity index (χ0v) is 14.9. The van der Waals surface area contributed by atoms with E-state index in [0.29, 0.717) is 6.42 Å². The number of rotatable bonds is 5. The van der Waals surface area contributed by atoms with Gasteiger partial charge >= 0.3 is 0 Å². The molecule has 1 amide bonds. The van der Waals surface area contributed by atoms with Crippen molar-refractivity contribution >= 4 is 5.91 Å². The lowest BCUT2D eigenvalue weighted by Gasteiger charge is -2.29. The minimum absolute atomic E-state index is 0.0224. The number of nitrogens with one attached hydrogen (secondary N) is 1. The zero-order chi connectivity index (χ0) is 18.5. The Balaban J connectivity index is 1.51. The molecule has 0 aromatic heterocycles. The van der Waals surface area contributed by atoms with E-state index in [4.69, 9.17) is 4.74 Å². The van der Waals surface area contributed by atoms with Crippen LogP contribution in [0.3, 0.4) is 0 Å². The first-order valence-electron chi connectivity index (χ1n) is 8.99.